The van der Waals surface area contributed by atoms with Gasteiger partial charge in [0.1, 0.15) is 22.9 Å². The van der Waals surface area contributed by atoms with Crippen LogP contribution in [0.25, 0.3) is 6.08 Å². The summed E-state index contributed by atoms with van der Waals surface area (Å²) in [4.78, 5) is 28.8. The van der Waals surface area contributed by atoms with Crippen LogP contribution < -0.4 is 11.1 Å². The number of nitrogen functional groups attached to an aromatic ring is 1. The molecule has 0 bridgehead atoms. The van der Waals surface area contributed by atoms with Gasteiger partial charge in [0.15, 0.2) is 9.84 Å². The highest BCUT2D eigenvalue weighted by Gasteiger charge is 2.16. The number of pyridine rings is 1. The number of hydrogen-bond acceptors (Lipinski definition) is 8. The van der Waals surface area contributed by atoms with Crippen LogP contribution in [0.2, 0.25) is 0 Å². The summed E-state index contributed by atoms with van der Waals surface area (Å²) in [5.74, 6) is -1.19. The van der Waals surface area contributed by atoms with Gasteiger partial charge >= 0.3 is 5.97 Å². The standard InChI is InChI=1S/C22H24N4O5S/c1-22(2,3)31-20(27)10-9-18-16(12-23)17(24)11-19(26-18)21(28)25-13-14-5-7-15(8-6-14)32(4,29)30/h5-11H,13H2,1-4H3,(H2,24,26)(H,25,28)/b10-9+. The van der Waals surface area contributed by atoms with Crippen molar-refractivity contribution in [3.63, 3.8) is 0 Å². The second-order valence-electron chi connectivity index (χ2n) is 7.93. The average molecular weight is 457 g/mol. The van der Waals surface area contributed by atoms with Crippen LogP contribution in [-0.2, 0) is 25.9 Å². The van der Waals surface area contributed by atoms with Crippen molar-refractivity contribution in [2.45, 2.75) is 37.8 Å². The van der Waals surface area contributed by atoms with E-state index in [9.17, 15) is 23.3 Å². The van der Waals surface area contributed by atoms with E-state index < -0.39 is 27.3 Å². The summed E-state index contributed by atoms with van der Waals surface area (Å²) >= 11 is 0. The van der Waals surface area contributed by atoms with Crippen LogP contribution in [0.4, 0.5) is 5.69 Å². The van der Waals surface area contributed by atoms with Crippen LogP contribution in [-0.4, -0.2) is 37.1 Å². The molecule has 0 saturated carbocycles. The minimum Gasteiger partial charge on any atom is -0.457 e. The molecule has 32 heavy (non-hydrogen) atoms. The number of esters is 1. The number of hydrogen-bond donors (Lipinski definition) is 2. The van der Waals surface area contributed by atoms with Crippen molar-refractivity contribution in [1.82, 2.24) is 10.3 Å². The number of carbonyl (C=O) groups excluding carboxylic acids is 2. The maximum absolute atomic E-state index is 12.6. The van der Waals surface area contributed by atoms with E-state index in [0.29, 0.717) is 5.56 Å². The molecule has 0 atom stereocenters. The quantitative estimate of drug-likeness (QED) is 0.496. The Morgan fingerprint density at radius 2 is 1.88 bits per heavy atom. The third kappa shape index (κ3) is 6.92. The Hall–Kier alpha value is -3.71. The molecule has 1 heterocycles. The zero-order chi connectivity index (χ0) is 24.1. The molecule has 2 aromatic rings. The van der Waals surface area contributed by atoms with Crippen molar-refractivity contribution >= 4 is 33.5 Å². The number of benzene rings is 1. The summed E-state index contributed by atoms with van der Waals surface area (Å²) in [5, 5.41) is 12.0. The Morgan fingerprint density at radius 1 is 1.25 bits per heavy atom. The molecular formula is C22H24N4O5S. The van der Waals surface area contributed by atoms with E-state index in [-0.39, 0.29) is 34.1 Å². The first-order valence-corrected chi connectivity index (χ1v) is 11.4. The molecule has 0 saturated heterocycles. The van der Waals surface area contributed by atoms with Gasteiger partial charge < -0.3 is 15.8 Å². The summed E-state index contributed by atoms with van der Waals surface area (Å²) in [6.07, 6.45) is 3.49. The molecule has 0 spiro atoms. The second-order valence-corrected chi connectivity index (χ2v) is 9.95. The Morgan fingerprint density at radius 3 is 2.41 bits per heavy atom. The molecule has 3 N–H and O–H groups in total. The lowest BCUT2D eigenvalue weighted by Crippen LogP contribution is -2.24. The van der Waals surface area contributed by atoms with E-state index in [0.717, 1.165) is 12.3 Å². The highest BCUT2D eigenvalue weighted by molar-refractivity contribution is 7.90. The fourth-order valence-electron chi connectivity index (χ4n) is 2.55. The Labute approximate surface area is 186 Å². The first-order chi connectivity index (χ1) is 14.8. The average Bonchev–Trinajstić information content (AvgIpc) is 2.68. The molecule has 0 aliphatic heterocycles. The minimum absolute atomic E-state index is 0.0257. The molecular weight excluding hydrogens is 432 g/mol. The van der Waals surface area contributed by atoms with Crippen LogP contribution in [0.3, 0.4) is 0 Å². The molecule has 0 fully saturated rings. The van der Waals surface area contributed by atoms with Crippen molar-refractivity contribution < 1.29 is 22.7 Å². The Bertz CT molecular complexity index is 1200. The molecule has 0 unspecified atom stereocenters. The molecule has 1 aromatic carbocycles. The van der Waals surface area contributed by atoms with Gasteiger partial charge in [0.05, 0.1) is 16.3 Å². The highest BCUT2D eigenvalue weighted by atomic mass is 32.2. The molecule has 1 amide bonds. The summed E-state index contributed by atoms with van der Waals surface area (Å²) in [6, 6.07) is 9.26. The zero-order valence-electron chi connectivity index (χ0n) is 18.2. The number of sulfone groups is 1. The van der Waals surface area contributed by atoms with E-state index in [4.69, 9.17) is 10.5 Å². The van der Waals surface area contributed by atoms with E-state index in [1.807, 2.05) is 6.07 Å². The van der Waals surface area contributed by atoms with Gasteiger partial charge in [0, 0.05) is 18.9 Å². The number of carbonyl (C=O) groups is 2. The van der Waals surface area contributed by atoms with Gasteiger partial charge in [0.25, 0.3) is 5.91 Å². The van der Waals surface area contributed by atoms with Gasteiger partial charge in [-0.05, 0) is 50.6 Å². The number of amides is 1. The van der Waals surface area contributed by atoms with Gasteiger partial charge in [-0.15, -0.1) is 0 Å². The third-order valence-electron chi connectivity index (χ3n) is 4.01. The fraction of sp³-hybridized carbons (Fsp3) is 0.273. The predicted octanol–water partition coefficient (Wildman–Crippen LogP) is 2.22. The summed E-state index contributed by atoms with van der Waals surface area (Å²) in [7, 11) is -3.31. The number of aromatic nitrogens is 1. The van der Waals surface area contributed by atoms with Crippen LogP contribution in [0.1, 0.15) is 48.1 Å². The highest BCUT2D eigenvalue weighted by Crippen LogP contribution is 2.18. The largest absolute Gasteiger partial charge is 0.457 e. The Balaban J connectivity index is 2.19. The van der Waals surface area contributed by atoms with E-state index in [2.05, 4.69) is 10.3 Å². The van der Waals surface area contributed by atoms with E-state index >= 15 is 0 Å². The summed E-state index contributed by atoms with van der Waals surface area (Å²) in [5.41, 5.74) is 5.96. The lowest BCUT2D eigenvalue weighted by molar-refractivity contribution is -0.148. The van der Waals surface area contributed by atoms with Crippen molar-refractivity contribution in [2.75, 3.05) is 12.0 Å². The number of nitriles is 1. The first kappa shape index (κ1) is 24.6. The summed E-state index contributed by atoms with van der Waals surface area (Å²) < 4.78 is 28.2. The van der Waals surface area contributed by atoms with Crippen molar-refractivity contribution in [3.8, 4) is 6.07 Å². The fourth-order valence-corrected chi connectivity index (χ4v) is 3.18. The predicted molar refractivity (Wildman–Crippen MR) is 119 cm³/mol. The van der Waals surface area contributed by atoms with Crippen LogP contribution >= 0.6 is 0 Å². The number of rotatable bonds is 6. The first-order valence-electron chi connectivity index (χ1n) is 9.49. The van der Waals surface area contributed by atoms with Gasteiger partial charge in [-0.3, -0.25) is 4.79 Å². The lowest BCUT2D eigenvalue weighted by Gasteiger charge is -2.17. The molecule has 0 aliphatic carbocycles. The van der Waals surface area contributed by atoms with Crippen LogP contribution in [0.15, 0.2) is 41.3 Å². The lowest BCUT2D eigenvalue weighted by atomic mass is 10.1. The molecule has 0 aliphatic rings. The number of ether oxygens (including phenoxy) is 1. The van der Waals surface area contributed by atoms with Gasteiger partial charge in [-0.25, -0.2) is 18.2 Å². The maximum Gasteiger partial charge on any atom is 0.331 e. The van der Waals surface area contributed by atoms with Crippen LogP contribution in [0.5, 0.6) is 0 Å². The van der Waals surface area contributed by atoms with E-state index in [1.165, 1.54) is 24.3 Å². The smallest absolute Gasteiger partial charge is 0.331 e. The monoisotopic (exact) mass is 456 g/mol. The van der Waals surface area contributed by atoms with Crippen molar-refractivity contribution in [2.24, 2.45) is 0 Å². The third-order valence-corrected chi connectivity index (χ3v) is 5.14. The molecule has 1 aromatic heterocycles. The second kappa shape index (κ2) is 9.62. The number of nitrogens with zero attached hydrogens (tertiary/aromatic N) is 2. The molecule has 10 heteroatoms. The van der Waals surface area contributed by atoms with Crippen molar-refractivity contribution in [3.05, 3.63) is 58.9 Å². The normalized spacial score (nSPS) is 11.7. The van der Waals surface area contributed by atoms with Gasteiger partial charge in [-0.1, -0.05) is 12.1 Å². The van der Waals surface area contributed by atoms with Gasteiger partial charge in [-0.2, -0.15) is 5.26 Å². The molecule has 2 rings (SSSR count). The van der Waals surface area contributed by atoms with Crippen molar-refractivity contribution in [1.29, 1.82) is 5.26 Å². The summed E-state index contributed by atoms with van der Waals surface area (Å²) in [6.45, 7) is 5.27. The van der Waals surface area contributed by atoms with Gasteiger partial charge in [0.2, 0.25) is 0 Å². The van der Waals surface area contributed by atoms with Crippen LogP contribution in [0, 0.1) is 11.3 Å². The SMILES string of the molecule is CC(C)(C)OC(=O)/C=C/c1nc(C(=O)NCc2ccc(S(C)(=O)=O)cc2)cc(N)c1C#N. The minimum atomic E-state index is -3.31. The zero-order valence-corrected chi connectivity index (χ0v) is 19.0. The van der Waals surface area contributed by atoms with E-state index in [1.54, 1.807) is 32.9 Å². The number of anilines is 1. The number of nitrogens with two attached hydrogens (primary N) is 1. The topological polar surface area (TPSA) is 152 Å². The maximum atomic E-state index is 12.6. The molecule has 168 valence electrons. The molecule has 0 radical (unpaired) electrons. The Kier molecular flexibility index (Phi) is 7.38. The number of nitrogens with one attached hydrogen (secondary N) is 1. The molecule has 9 nitrogen and oxygen atoms in total.